The second-order valence-corrected chi connectivity index (χ2v) is 6.14. The lowest BCUT2D eigenvalue weighted by Crippen LogP contribution is -2.27. The van der Waals surface area contributed by atoms with Gasteiger partial charge in [0.2, 0.25) is 5.91 Å². The first-order chi connectivity index (χ1) is 11.1. The summed E-state index contributed by atoms with van der Waals surface area (Å²) in [4.78, 5) is 15.3. The molecular formula is C19H19ClN2O. The molecule has 1 heterocycles. The average Bonchev–Trinajstić information content (AvgIpc) is 2.92. The molecule has 0 saturated heterocycles. The minimum Gasteiger partial charge on any atom is -0.361 e. The Morgan fingerprint density at radius 1 is 1.17 bits per heavy atom. The maximum atomic E-state index is 12.1. The maximum Gasteiger partial charge on any atom is 0.224 e. The van der Waals surface area contributed by atoms with E-state index in [0.717, 1.165) is 33.5 Å². The summed E-state index contributed by atoms with van der Waals surface area (Å²) >= 11 is 5.99. The molecule has 0 saturated carbocycles. The number of rotatable bonds is 5. The van der Waals surface area contributed by atoms with Gasteiger partial charge in [-0.15, -0.1) is 0 Å². The molecule has 0 aliphatic rings. The molecule has 3 rings (SSSR count). The van der Waals surface area contributed by atoms with Gasteiger partial charge in [-0.3, -0.25) is 4.79 Å². The van der Waals surface area contributed by atoms with Crippen molar-refractivity contribution in [1.29, 1.82) is 0 Å². The van der Waals surface area contributed by atoms with Gasteiger partial charge in [0.25, 0.3) is 0 Å². The van der Waals surface area contributed by atoms with Crippen molar-refractivity contribution in [1.82, 2.24) is 10.3 Å². The van der Waals surface area contributed by atoms with Crippen molar-refractivity contribution in [3.63, 3.8) is 0 Å². The lowest BCUT2D eigenvalue weighted by Gasteiger charge is -2.07. The summed E-state index contributed by atoms with van der Waals surface area (Å²) in [6.07, 6.45) is 3.20. The molecule has 23 heavy (non-hydrogen) atoms. The fraction of sp³-hybridized carbons (Fsp3) is 0.211. The summed E-state index contributed by atoms with van der Waals surface area (Å²) in [7, 11) is 0. The second-order valence-electron chi connectivity index (χ2n) is 5.71. The summed E-state index contributed by atoms with van der Waals surface area (Å²) in [5.74, 6) is 0.0576. The smallest absolute Gasteiger partial charge is 0.224 e. The summed E-state index contributed by atoms with van der Waals surface area (Å²) < 4.78 is 0. The third-order valence-corrected chi connectivity index (χ3v) is 4.29. The number of aryl methyl sites for hydroxylation is 1. The molecule has 0 fully saturated rings. The third kappa shape index (κ3) is 3.74. The fourth-order valence-electron chi connectivity index (χ4n) is 2.75. The van der Waals surface area contributed by atoms with E-state index in [1.165, 1.54) is 5.56 Å². The van der Waals surface area contributed by atoms with Gasteiger partial charge < -0.3 is 10.3 Å². The van der Waals surface area contributed by atoms with Crippen LogP contribution in [0, 0.1) is 6.92 Å². The zero-order valence-corrected chi connectivity index (χ0v) is 13.8. The van der Waals surface area contributed by atoms with E-state index >= 15 is 0 Å². The first-order valence-electron chi connectivity index (χ1n) is 7.70. The Kier molecular flexibility index (Phi) is 4.68. The van der Waals surface area contributed by atoms with Crippen LogP contribution in [0.3, 0.4) is 0 Å². The Labute approximate surface area is 140 Å². The number of fused-ring (bicyclic) bond motifs is 1. The van der Waals surface area contributed by atoms with Crippen LogP contribution in [-0.4, -0.2) is 17.4 Å². The minimum atomic E-state index is 0.0576. The number of carbonyl (C=O) groups is 1. The molecule has 3 nitrogen and oxygen atoms in total. The Balaban J connectivity index is 1.56. The van der Waals surface area contributed by atoms with Gasteiger partial charge in [0.15, 0.2) is 0 Å². The molecule has 1 aromatic heterocycles. The molecule has 0 atom stereocenters. The highest BCUT2D eigenvalue weighted by molar-refractivity contribution is 6.31. The van der Waals surface area contributed by atoms with E-state index in [1.54, 1.807) is 0 Å². The summed E-state index contributed by atoms with van der Waals surface area (Å²) in [6, 6.07) is 13.8. The number of halogens is 1. The molecule has 118 valence electrons. The van der Waals surface area contributed by atoms with Crippen molar-refractivity contribution in [2.75, 3.05) is 6.54 Å². The van der Waals surface area contributed by atoms with E-state index in [2.05, 4.69) is 10.3 Å². The van der Waals surface area contributed by atoms with Gasteiger partial charge in [0.05, 0.1) is 6.42 Å². The van der Waals surface area contributed by atoms with E-state index in [4.69, 9.17) is 11.6 Å². The highest BCUT2D eigenvalue weighted by Gasteiger charge is 2.07. The highest BCUT2D eigenvalue weighted by atomic mass is 35.5. The van der Waals surface area contributed by atoms with Crippen molar-refractivity contribution in [3.05, 3.63) is 70.4 Å². The molecule has 4 heteroatoms. The van der Waals surface area contributed by atoms with Gasteiger partial charge in [-0.2, -0.15) is 0 Å². The van der Waals surface area contributed by atoms with Crippen LogP contribution in [-0.2, 0) is 17.6 Å². The third-order valence-electron chi connectivity index (χ3n) is 4.06. The summed E-state index contributed by atoms with van der Waals surface area (Å²) in [5, 5.41) is 4.87. The lowest BCUT2D eigenvalue weighted by atomic mass is 10.1. The zero-order chi connectivity index (χ0) is 16.2. The number of aromatic nitrogens is 1. The van der Waals surface area contributed by atoms with Crippen LogP contribution in [0.2, 0.25) is 5.02 Å². The molecule has 1 amide bonds. The van der Waals surface area contributed by atoms with Gasteiger partial charge in [0, 0.05) is 28.7 Å². The van der Waals surface area contributed by atoms with Crippen molar-refractivity contribution in [2.45, 2.75) is 19.8 Å². The van der Waals surface area contributed by atoms with Crippen LogP contribution in [0.15, 0.2) is 48.7 Å². The number of hydrogen-bond donors (Lipinski definition) is 2. The molecule has 0 unspecified atom stereocenters. The van der Waals surface area contributed by atoms with E-state index in [-0.39, 0.29) is 5.91 Å². The quantitative estimate of drug-likeness (QED) is 0.730. The molecule has 2 N–H and O–H groups in total. The van der Waals surface area contributed by atoms with E-state index in [1.807, 2.05) is 55.6 Å². The lowest BCUT2D eigenvalue weighted by molar-refractivity contribution is -0.120. The fourth-order valence-corrected chi connectivity index (χ4v) is 2.92. The van der Waals surface area contributed by atoms with Crippen molar-refractivity contribution in [3.8, 4) is 0 Å². The second kappa shape index (κ2) is 6.88. The van der Waals surface area contributed by atoms with Crippen molar-refractivity contribution >= 4 is 28.4 Å². The number of carbonyl (C=O) groups excluding carboxylic acids is 1. The standard InChI is InChI=1S/C19H19ClN2O/c1-13-4-2-3-5-14(13)10-19(23)21-9-8-15-12-22-18-11-16(20)6-7-17(15)18/h2-7,11-12,22H,8-10H2,1H3,(H,21,23). The van der Waals surface area contributed by atoms with Crippen LogP contribution in [0.25, 0.3) is 10.9 Å². The number of amides is 1. The van der Waals surface area contributed by atoms with Gasteiger partial charge in [0.1, 0.15) is 0 Å². The van der Waals surface area contributed by atoms with Crippen molar-refractivity contribution < 1.29 is 4.79 Å². The summed E-state index contributed by atoms with van der Waals surface area (Å²) in [6.45, 7) is 2.65. The van der Waals surface area contributed by atoms with Crippen LogP contribution < -0.4 is 5.32 Å². The predicted octanol–water partition coefficient (Wildman–Crippen LogP) is 4.03. The first kappa shape index (κ1) is 15.6. The molecule has 0 aliphatic carbocycles. The topological polar surface area (TPSA) is 44.9 Å². The normalized spacial score (nSPS) is 10.9. The van der Waals surface area contributed by atoms with Gasteiger partial charge in [-0.05, 0) is 42.2 Å². The van der Waals surface area contributed by atoms with E-state index in [9.17, 15) is 4.79 Å². The molecule has 2 aromatic carbocycles. The Bertz CT molecular complexity index is 838. The molecule has 3 aromatic rings. The highest BCUT2D eigenvalue weighted by Crippen LogP contribution is 2.22. The molecule has 0 bridgehead atoms. The Morgan fingerprint density at radius 3 is 2.83 bits per heavy atom. The maximum absolute atomic E-state index is 12.1. The average molecular weight is 327 g/mol. The van der Waals surface area contributed by atoms with Gasteiger partial charge in [-0.25, -0.2) is 0 Å². The van der Waals surface area contributed by atoms with Gasteiger partial charge >= 0.3 is 0 Å². The van der Waals surface area contributed by atoms with Crippen molar-refractivity contribution in [2.24, 2.45) is 0 Å². The number of aromatic amines is 1. The van der Waals surface area contributed by atoms with Crippen LogP contribution in [0.1, 0.15) is 16.7 Å². The largest absolute Gasteiger partial charge is 0.361 e. The SMILES string of the molecule is Cc1ccccc1CC(=O)NCCc1c[nH]c2cc(Cl)ccc12. The first-order valence-corrected chi connectivity index (χ1v) is 8.08. The van der Waals surface area contributed by atoms with E-state index in [0.29, 0.717) is 13.0 Å². The predicted molar refractivity (Wildman–Crippen MR) is 94.9 cm³/mol. The monoisotopic (exact) mass is 326 g/mol. The van der Waals surface area contributed by atoms with Crippen LogP contribution >= 0.6 is 11.6 Å². The Hall–Kier alpha value is -2.26. The summed E-state index contributed by atoms with van der Waals surface area (Å²) in [5.41, 5.74) is 4.44. The number of H-pyrrole nitrogens is 1. The number of benzene rings is 2. The number of nitrogens with one attached hydrogen (secondary N) is 2. The molecule has 0 radical (unpaired) electrons. The van der Waals surface area contributed by atoms with Crippen LogP contribution in [0.4, 0.5) is 0 Å². The molecule has 0 aliphatic heterocycles. The number of hydrogen-bond acceptors (Lipinski definition) is 1. The zero-order valence-electron chi connectivity index (χ0n) is 13.0. The van der Waals surface area contributed by atoms with E-state index < -0.39 is 0 Å². The van der Waals surface area contributed by atoms with Gasteiger partial charge in [-0.1, -0.05) is 41.9 Å². The Morgan fingerprint density at radius 2 is 2.00 bits per heavy atom. The molecule has 0 spiro atoms. The van der Waals surface area contributed by atoms with Crippen LogP contribution in [0.5, 0.6) is 0 Å². The minimum absolute atomic E-state index is 0.0576. The molecular weight excluding hydrogens is 308 g/mol.